The Morgan fingerprint density at radius 1 is 0.778 bits per heavy atom. The number of rotatable bonds is 8. The fourth-order valence-electron chi connectivity index (χ4n) is 4.04. The highest BCUT2D eigenvalue weighted by Gasteiger charge is 2.35. The Morgan fingerprint density at radius 2 is 1.36 bits per heavy atom. The molecule has 1 heterocycles. The lowest BCUT2D eigenvalue weighted by Crippen LogP contribution is -2.28. The number of carbonyl (C=O) groups is 2. The third-order valence-electron chi connectivity index (χ3n) is 5.81. The van der Waals surface area contributed by atoms with Crippen LogP contribution in [-0.4, -0.2) is 31.1 Å². The summed E-state index contributed by atoms with van der Waals surface area (Å²) in [7, 11) is 2.59. The van der Waals surface area contributed by atoms with E-state index in [1.54, 1.807) is 41.6 Å². The average molecular weight is 488 g/mol. The maximum atomic E-state index is 13.3. The predicted octanol–water partition coefficient (Wildman–Crippen LogP) is 5.12. The van der Waals surface area contributed by atoms with E-state index in [2.05, 4.69) is 0 Å². The number of carbonyl (C=O) groups excluding carboxylic acids is 2. The van der Waals surface area contributed by atoms with Crippen molar-refractivity contribution in [2.24, 2.45) is 0 Å². The monoisotopic (exact) mass is 487 g/mol. The van der Waals surface area contributed by atoms with E-state index in [9.17, 15) is 14.0 Å². The van der Waals surface area contributed by atoms with Gasteiger partial charge in [0.2, 0.25) is 0 Å². The molecule has 0 spiro atoms. The Balaban J connectivity index is 1.62. The summed E-state index contributed by atoms with van der Waals surface area (Å²) in [5, 5.41) is 0. The third kappa shape index (κ3) is 5.81. The van der Waals surface area contributed by atoms with Crippen LogP contribution in [0.2, 0.25) is 0 Å². The largest absolute Gasteiger partial charge is 0.489 e. The first-order valence-corrected chi connectivity index (χ1v) is 11.4. The molecule has 1 aliphatic rings. The van der Waals surface area contributed by atoms with Gasteiger partial charge in [-0.25, -0.2) is 14.0 Å². The highest BCUT2D eigenvalue weighted by Crippen LogP contribution is 2.38. The molecule has 6 nitrogen and oxygen atoms in total. The van der Waals surface area contributed by atoms with Crippen LogP contribution in [0.15, 0.2) is 102 Å². The average Bonchev–Trinajstić information content (AvgIpc) is 2.92. The van der Waals surface area contributed by atoms with Gasteiger partial charge in [-0.2, -0.15) is 0 Å². The number of hydrogen-bond acceptors (Lipinski definition) is 6. The molecular formula is C29H26FNO5. The number of nitrogens with zero attached hydrogens (tertiary/aromatic N) is 1. The van der Waals surface area contributed by atoms with Crippen LogP contribution in [0.1, 0.15) is 22.6 Å². The van der Waals surface area contributed by atoms with Crippen LogP contribution >= 0.6 is 0 Å². The minimum absolute atomic E-state index is 0.278. The van der Waals surface area contributed by atoms with Gasteiger partial charge in [0, 0.05) is 18.9 Å². The minimum atomic E-state index is -0.697. The van der Waals surface area contributed by atoms with Gasteiger partial charge in [0.05, 0.1) is 31.3 Å². The third-order valence-corrected chi connectivity index (χ3v) is 5.81. The number of ether oxygens (including phenoxy) is 3. The first kappa shape index (κ1) is 24.7. The Kier molecular flexibility index (Phi) is 7.80. The molecule has 0 bridgehead atoms. The Hall–Kier alpha value is -4.39. The van der Waals surface area contributed by atoms with Crippen molar-refractivity contribution in [2.75, 3.05) is 14.2 Å². The second-order valence-corrected chi connectivity index (χ2v) is 8.23. The van der Waals surface area contributed by atoms with Crippen molar-refractivity contribution in [3.63, 3.8) is 0 Å². The van der Waals surface area contributed by atoms with E-state index in [-0.39, 0.29) is 17.0 Å². The number of halogens is 1. The van der Waals surface area contributed by atoms with Crippen molar-refractivity contribution in [3.05, 3.63) is 125 Å². The summed E-state index contributed by atoms with van der Waals surface area (Å²) in [6.45, 7) is 0.739. The highest BCUT2D eigenvalue weighted by atomic mass is 19.1. The van der Waals surface area contributed by atoms with Crippen LogP contribution < -0.4 is 4.74 Å². The smallest absolute Gasteiger partial charge is 0.336 e. The second kappa shape index (κ2) is 11.4. The van der Waals surface area contributed by atoms with Gasteiger partial charge in [0.1, 0.15) is 18.2 Å². The molecule has 0 unspecified atom stereocenters. The molecule has 7 heteroatoms. The molecule has 0 radical (unpaired) electrons. The Morgan fingerprint density at radius 3 is 1.92 bits per heavy atom. The molecule has 0 aromatic heterocycles. The molecule has 3 aromatic carbocycles. The fourth-order valence-corrected chi connectivity index (χ4v) is 4.04. The molecule has 0 fully saturated rings. The maximum absolute atomic E-state index is 13.3. The number of esters is 2. The van der Waals surface area contributed by atoms with Gasteiger partial charge in [0.25, 0.3) is 0 Å². The van der Waals surface area contributed by atoms with Gasteiger partial charge in [-0.3, -0.25) is 0 Å². The molecule has 0 saturated carbocycles. The lowest BCUT2D eigenvalue weighted by atomic mass is 9.83. The van der Waals surface area contributed by atoms with Gasteiger partial charge >= 0.3 is 11.9 Å². The van der Waals surface area contributed by atoms with Crippen molar-refractivity contribution in [1.29, 1.82) is 0 Å². The lowest BCUT2D eigenvalue weighted by molar-refractivity contribution is -0.137. The summed E-state index contributed by atoms with van der Waals surface area (Å²) in [6.07, 6.45) is 3.29. The van der Waals surface area contributed by atoms with Crippen molar-refractivity contribution in [3.8, 4) is 5.75 Å². The molecule has 4 rings (SSSR count). The maximum Gasteiger partial charge on any atom is 0.336 e. The van der Waals surface area contributed by atoms with Crippen molar-refractivity contribution < 1.29 is 28.2 Å². The first-order valence-electron chi connectivity index (χ1n) is 11.4. The van der Waals surface area contributed by atoms with Crippen LogP contribution in [0.4, 0.5) is 4.39 Å². The molecule has 3 aromatic rings. The van der Waals surface area contributed by atoms with E-state index in [4.69, 9.17) is 14.2 Å². The molecular weight excluding hydrogens is 461 g/mol. The fraction of sp³-hybridized carbons (Fsp3) is 0.172. The van der Waals surface area contributed by atoms with E-state index in [0.717, 1.165) is 11.1 Å². The summed E-state index contributed by atoms with van der Waals surface area (Å²) in [5.41, 5.74) is 3.11. The normalized spacial score (nSPS) is 13.5. The SMILES string of the molecule is COC(=O)C1=CN(Cc2ccc(F)cc2)C=C(C(=O)OC)C1c1ccc(OCc2ccccc2)cc1. The van der Waals surface area contributed by atoms with Crippen LogP contribution in [0, 0.1) is 5.82 Å². The summed E-state index contributed by atoms with van der Waals surface area (Å²) in [6, 6.07) is 23.0. The van der Waals surface area contributed by atoms with Crippen LogP contribution in [0.3, 0.4) is 0 Å². The molecule has 0 atom stereocenters. The summed E-state index contributed by atoms with van der Waals surface area (Å²) in [4.78, 5) is 27.3. The van der Waals surface area contributed by atoms with Gasteiger partial charge in [-0.15, -0.1) is 0 Å². The molecule has 0 N–H and O–H groups in total. The second-order valence-electron chi connectivity index (χ2n) is 8.23. The Labute approximate surface area is 209 Å². The first-order chi connectivity index (χ1) is 17.5. The standard InChI is InChI=1S/C29H26FNO5/c1-34-28(32)25-17-31(16-20-8-12-23(30)13-9-20)18-26(29(33)35-2)27(25)22-10-14-24(15-11-22)36-19-21-6-4-3-5-7-21/h3-15,17-18,27H,16,19H2,1-2H3. The zero-order valence-electron chi connectivity index (χ0n) is 20.0. The van der Waals surface area contributed by atoms with Crippen LogP contribution in [0.5, 0.6) is 5.75 Å². The summed E-state index contributed by atoms with van der Waals surface area (Å²) in [5.74, 6) is -1.52. The van der Waals surface area contributed by atoms with E-state index >= 15 is 0 Å². The van der Waals surface area contributed by atoms with Crippen molar-refractivity contribution >= 4 is 11.9 Å². The van der Waals surface area contributed by atoms with E-state index in [1.165, 1.54) is 26.4 Å². The van der Waals surface area contributed by atoms with Gasteiger partial charge in [-0.05, 0) is 41.0 Å². The van der Waals surface area contributed by atoms with E-state index in [0.29, 0.717) is 24.5 Å². The Bertz CT molecular complexity index is 1230. The zero-order chi connectivity index (χ0) is 25.5. The number of hydrogen-bond donors (Lipinski definition) is 0. The zero-order valence-corrected chi connectivity index (χ0v) is 20.0. The van der Waals surface area contributed by atoms with Crippen molar-refractivity contribution in [1.82, 2.24) is 4.90 Å². The summed E-state index contributed by atoms with van der Waals surface area (Å²) >= 11 is 0. The van der Waals surface area contributed by atoms with Gasteiger partial charge < -0.3 is 19.1 Å². The molecule has 184 valence electrons. The molecule has 1 aliphatic heterocycles. The molecule has 0 amide bonds. The van der Waals surface area contributed by atoms with Crippen molar-refractivity contribution in [2.45, 2.75) is 19.1 Å². The van der Waals surface area contributed by atoms with E-state index in [1.807, 2.05) is 42.5 Å². The quantitative estimate of drug-likeness (QED) is 0.411. The molecule has 36 heavy (non-hydrogen) atoms. The van der Waals surface area contributed by atoms with Crippen LogP contribution in [-0.2, 0) is 32.2 Å². The summed E-state index contributed by atoms with van der Waals surface area (Å²) < 4.78 is 29.3. The minimum Gasteiger partial charge on any atom is -0.489 e. The molecule has 0 aliphatic carbocycles. The number of benzene rings is 3. The lowest BCUT2D eigenvalue weighted by Gasteiger charge is -2.30. The number of methoxy groups -OCH3 is 2. The molecule has 0 saturated heterocycles. The van der Waals surface area contributed by atoms with Gasteiger partial charge in [-0.1, -0.05) is 54.6 Å². The van der Waals surface area contributed by atoms with E-state index < -0.39 is 17.9 Å². The highest BCUT2D eigenvalue weighted by molar-refractivity contribution is 5.98. The van der Waals surface area contributed by atoms with Gasteiger partial charge in [0.15, 0.2) is 0 Å². The predicted molar refractivity (Wildman–Crippen MR) is 132 cm³/mol. The van der Waals surface area contributed by atoms with Crippen LogP contribution in [0.25, 0.3) is 0 Å². The topological polar surface area (TPSA) is 65.1 Å².